The molecule has 1 aliphatic rings. The number of pyridine rings is 1. The molecule has 2 rings (SSSR count). The Hall–Kier alpha value is -1.17. The van der Waals surface area contributed by atoms with Gasteiger partial charge in [0.05, 0.1) is 6.61 Å². The second kappa shape index (κ2) is 7.57. The van der Waals surface area contributed by atoms with Crippen LogP contribution in [0.1, 0.15) is 18.4 Å². The monoisotopic (exact) mass is 278 g/mol. The highest BCUT2D eigenvalue weighted by Crippen LogP contribution is 2.19. The van der Waals surface area contributed by atoms with E-state index < -0.39 is 0 Å². The lowest BCUT2D eigenvalue weighted by molar-refractivity contribution is 0.206. The van der Waals surface area contributed by atoms with Crippen molar-refractivity contribution in [2.24, 2.45) is 5.73 Å². The number of likely N-dealkylation sites (tertiary alicyclic amines) is 1. The fourth-order valence-corrected chi connectivity index (χ4v) is 2.68. The normalized spacial score (nSPS) is 19.4. The minimum absolute atomic E-state index is 0.541. The summed E-state index contributed by atoms with van der Waals surface area (Å²) in [4.78, 5) is 9.10. The summed E-state index contributed by atoms with van der Waals surface area (Å²) in [5.74, 6) is 0.989. The molecule has 1 aromatic heterocycles. The topological polar surface area (TPSA) is 54.6 Å². The smallest absolute Gasteiger partial charge is 0.128 e. The first kappa shape index (κ1) is 15.2. The average Bonchev–Trinajstić information content (AvgIpc) is 2.92. The molecule has 1 atom stereocenters. The van der Waals surface area contributed by atoms with Gasteiger partial charge in [-0.2, -0.15) is 0 Å². The van der Waals surface area contributed by atoms with E-state index in [0.29, 0.717) is 12.6 Å². The van der Waals surface area contributed by atoms with Crippen LogP contribution in [0.4, 0.5) is 5.82 Å². The Morgan fingerprint density at radius 2 is 2.35 bits per heavy atom. The summed E-state index contributed by atoms with van der Waals surface area (Å²) in [5, 5.41) is 0. The second-order valence-electron chi connectivity index (χ2n) is 5.44. The summed E-state index contributed by atoms with van der Waals surface area (Å²) in [6, 6.07) is 4.79. The zero-order chi connectivity index (χ0) is 14.4. The van der Waals surface area contributed by atoms with Gasteiger partial charge in [-0.05, 0) is 31.0 Å². The van der Waals surface area contributed by atoms with Gasteiger partial charge in [-0.15, -0.1) is 0 Å². The molecule has 0 aromatic carbocycles. The summed E-state index contributed by atoms with van der Waals surface area (Å²) < 4.78 is 5.08. The predicted octanol–water partition coefficient (Wildman–Crippen LogP) is 1.09. The minimum atomic E-state index is 0.541. The number of nitrogens with two attached hydrogens (primary N) is 1. The third-order valence-corrected chi connectivity index (χ3v) is 3.99. The van der Waals surface area contributed by atoms with Crippen LogP contribution in [0.2, 0.25) is 0 Å². The highest BCUT2D eigenvalue weighted by molar-refractivity contribution is 5.38. The molecule has 1 aromatic rings. The zero-order valence-corrected chi connectivity index (χ0v) is 12.6. The molecule has 0 aliphatic carbocycles. The van der Waals surface area contributed by atoms with Crippen LogP contribution in [0.3, 0.4) is 0 Å². The van der Waals surface area contributed by atoms with Crippen LogP contribution < -0.4 is 10.6 Å². The van der Waals surface area contributed by atoms with E-state index >= 15 is 0 Å². The van der Waals surface area contributed by atoms with Crippen molar-refractivity contribution in [3.05, 3.63) is 23.9 Å². The maximum atomic E-state index is 5.81. The first-order valence-electron chi connectivity index (χ1n) is 7.33. The van der Waals surface area contributed by atoms with Gasteiger partial charge in [-0.1, -0.05) is 6.07 Å². The number of rotatable bonds is 7. The van der Waals surface area contributed by atoms with Crippen LogP contribution in [-0.2, 0) is 11.3 Å². The van der Waals surface area contributed by atoms with Crippen molar-refractivity contribution in [2.75, 3.05) is 45.3 Å². The van der Waals surface area contributed by atoms with Gasteiger partial charge in [-0.25, -0.2) is 4.98 Å². The van der Waals surface area contributed by atoms with Crippen LogP contribution in [0.5, 0.6) is 0 Å². The standard InChI is InChI=1S/C15H26N4O/c1-18(8-9-20-2)15-6-5-13(11-17-15)12-19-7-3-4-14(19)10-16/h5-6,11,14H,3-4,7-10,12,16H2,1-2H3. The van der Waals surface area contributed by atoms with Gasteiger partial charge in [0.2, 0.25) is 0 Å². The van der Waals surface area contributed by atoms with E-state index in [1.807, 2.05) is 13.2 Å². The van der Waals surface area contributed by atoms with Crippen molar-refractivity contribution < 1.29 is 4.74 Å². The molecule has 0 spiro atoms. The number of likely N-dealkylation sites (N-methyl/N-ethyl adjacent to an activating group) is 1. The second-order valence-corrected chi connectivity index (χ2v) is 5.44. The Morgan fingerprint density at radius 1 is 1.50 bits per heavy atom. The molecule has 0 amide bonds. The molecule has 5 heteroatoms. The Labute approximate surface area is 121 Å². The van der Waals surface area contributed by atoms with E-state index in [0.717, 1.165) is 32.0 Å². The summed E-state index contributed by atoms with van der Waals surface area (Å²) in [5.41, 5.74) is 7.07. The third kappa shape index (κ3) is 3.91. The fraction of sp³-hybridized carbons (Fsp3) is 0.667. The molecule has 1 aliphatic heterocycles. The predicted molar refractivity (Wildman–Crippen MR) is 81.9 cm³/mol. The van der Waals surface area contributed by atoms with E-state index in [2.05, 4.69) is 26.9 Å². The highest BCUT2D eigenvalue weighted by atomic mass is 16.5. The molecular formula is C15H26N4O. The third-order valence-electron chi connectivity index (χ3n) is 3.99. The number of aromatic nitrogens is 1. The van der Waals surface area contributed by atoms with Gasteiger partial charge >= 0.3 is 0 Å². The van der Waals surface area contributed by atoms with Crippen LogP contribution in [-0.4, -0.2) is 56.3 Å². The molecule has 1 saturated heterocycles. The van der Waals surface area contributed by atoms with Crippen LogP contribution in [0.25, 0.3) is 0 Å². The zero-order valence-electron chi connectivity index (χ0n) is 12.6. The molecule has 5 nitrogen and oxygen atoms in total. The number of hydrogen-bond acceptors (Lipinski definition) is 5. The van der Waals surface area contributed by atoms with Gasteiger partial charge in [0.1, 0.15) is 5.82 Å². The summed E-state index contributed by atoms with van der Waals surface area (Å²) in [6.07, 6.45) is 4.46. The van der Waals surface area contributed by atoms with E-state index in [1.54, 1.807) is 7.11 Å². The van der Waals surface area contributed by atoms with Crippen molar-refractivity contribution in [3.63, 3.8) is 0 Å². The maximum absolute atomic E-state index is 5.81. The Balaban J connectivity index is 1.91. The van der Waals surface area contributed by atoms with E-state index in [9.17, 15) is 0 Å². The Morgan fingerprint density at radius 3 is 3.00 bits per heavy atom. The van der Waals surface area contributed by atoms with Gasteiger partial charge in [0.15, 0.2) is 0 Å². The SMILES string of the molecule is COCCN(C)c1ccc(CN2CCCC2CN)cn1. The molecule has 1 fully saturated rings. The summed E-state index contributed by atoms with van der Waals surface area (Å²) in [7, 11) is 3.75. The lowest BCUT2D eigenvalue weighted by Crippen LogP contribution is -2.34. The first-order valence-corrected chi connectivity index (χ1v) is 7.33. The van der Waals surface area contributed by atoms with Crippen LogP contribution in [0.15, 0.2) is 18.3 Å². The summed E-state index contributed by atoms with van der Waals surface area (Å²) in [6.45, 7) is 4.43. The number of anilines is 1. The maximum Gasteiger partial charge on any atom is 0.128 e. The largest absolute Gasteiger partial charge is 0.383 e. The van der Waals surface area contributed by atoms with E-state index in [1.165, 1.54) is 18.4 Å². The average molecular weight is 278 g/mol. The molecule has 1 unspecified atom stereocenters. The molecular weight excluding hydrogens is 252 g/mol. The van der Waals surface area contributed by atoms with Crippen LogP contribution in [0, 0.1) is 0 Å². The van der Waals surface area contributed by atoms with Crippen LogP contribution >= 0.6 is 0 Å². The lowest BCUT2D eigenvalue weighted by atomic mass is 10.2. The molecule has 0 radical (unpaired) electrons. The fourth-order valence-electron chi connectivity index (χ4n) is 2.68. The molecule has 20 heavy (non-hydrogen) atoms. The first-order chi connectivity index (χ1) is 9.74. The van der Waals surface area contributed by atoms with Crippen molar-refractivity contribution in [1.82, 2.24) is 9.88 Å². The lowest BCUT2D eigenvalue weighted by Gasteiger charge is -2.23. The number of ether oxygens (including phenoxy) is 1. The van der Waals surface area contributed by atoms with E-state index in [-0.39, 0.29) is 0 Å². The van der Waals surface area contributed by atoms with Gasteiger partial charge in [0, 0.05) is 46.0 Å². The molecule has 0 saturated carbocycles. The van der Waals surface area contributed by atoms with Gasteiger partial charge < -0.3 is 15.4 Å². The molecule has 0 bridgehead atoms. The van der Waals surface area contributed by atoms with Crippen molar-refractivity contribution in [3.8, 4) is 0 Å². The highest BCUT2D eigenvalue weighted by Gasteiger charge is 2.22. The molecule has 112 valence electrons. The number of hydrogen-bond donors (Lipinski definition) is 1. The quantitative estimate of drug-likeness (QED) is 0.809. The van der Waals surface area contributed by atoms with Crippen molar-refractivity contribution in [2.45, 2.75) is 25.4 Å². The number of nitrogens with zero attached hydrogens (tertiary/aromatic N) is 3. The molecule has 2 heterocycles. The van der Waals surface area contributed by atoms with Gasteiger partial charge in [-0.3, -0.25) is 4.90 Å². The van der Waals surface area contributed by atoms with Gasteiger partial charge in [0.25, 0.3) is 0 Å². The Bertz CT molecular complexity index is 395. The van der Waals surface area contributed by atoms with Crippen molar-refractivity contribution >= 4 is 5.82 Å². The Kier molecular flexibility index (Phi) is 5.76. The molecule has 2 N–H and O–H groups in total. The van der Waals surface area contributed by atoms with E-state index in [4.69, 9.17) is 10.5 Å². The number of methoxy groups -OCH3 is 1. The van der Waals surface area contributed by atoms with Crippen molar-refractivity contribution in [1.29, 1.82) is 0 Å². The summed E-state index contributed by atoms with van der Waals surface area (Å²) >= 11 is 0. The minimum Gasteiger partial charge on any atom is -0.383 e.